The lowest BCUT2D eigenvalue weighted by Gasteiger charge is -2.25. The predicted octanol–water partition coefficient (Wildman–Crippen LogP) is 4.35. The second-order valence-electron chi connectivity index (χ2n) is 6.10. The number of likely N-dealkylation sites (tertiary alicyclic amines) is 1. The van der Waals surface area contributed by atoms with E-state index in [0.29, 0.717) is 12.8 Å². The Morgan fingerprint density at radius 1 is 1.43 bits per heavy atom. The molecule has 2 aromatic rings. The second kappa shape index (κ2) is 6.87. The van der Waals surface area contributed by atoms with E-state index >= 15 is 0 Å². The number of aromatic nitrogens is 1. The summed E-state index contributed by atoms with van der Waals surface area (Å²) in [6.07, 6.45) is 3.30. The Hall–Kier alpha value is -1.62. The van der Waals surface area contributed by atoms with E-state index in [-0.39, 0.29) is 11.9 Å². The number of aryl methyl sites for hydroxylation is 2. The smallest absolute Gasteiger partial charge is 0.223 e. The van der Waals surface area contributed by atoms with E-state index in [0.717, 1.165) is 40.9 Å². The number of halogens is 1. The van der Waals surface area contributed by atoms with E-state index in [4.69, 9.17) is 4.52 Å². The molecule has 1 atom stereocenters. The minimum absolute atomic E-state index is 0.199. The molecule has 23 heavy (non-hydrogen) atoms. The average Bonchev–Trinajstić information content (AvgIpc) is 3.13. The van der Waals surface area contributed by atoms with Crippen LogP contribution in [0.3, 0.4) is 0 Å². The van der Waals surface area contributed by atoms with Gasteiger partial charge < -0.3 is 9.42 Å². The fourth-order valence-corrected chi connectivity index (χ4v) is 3.78. The molecule has 0 unspecified atom stereocenters. The van der Waals surface area contributed by atoms with Crippen LogP contribution in [0.5, 0.6) is 0 Å². The minimum atomic E-state index is 0.199. The first-order chi connectivity index (χ1) is 11.1. The maximum Gasteiger partial charge on any atom is 0.223 e. The molecule has 1 fully saturated rings. The van der Waals surface area contributed by atoms with Crippen LogP contribution in [0.25, 0.3) is 0 Å². The average molecular weight is 377 g/mol. The number of benzene rings is 1. The van der Waals surface area contributed by atoms with Gasteiger partial charge in [0.05, 0.1) is 11.7 Å². The largest absolute Gasteiger partial charge is 0.361 e. The van der Waals surface area contributed by atoms with Crippen molar-refractivity contribution in [3.63, 3.8) is 0 Å². The van der Waals surface area contributed by atoms with E-state index in [9.17, 15) is 4.79 Å². The number of amides is 1. The normalized spacial score (nSPS) is 17.7. The van der Waals surface area contributed by atoms with Crippen LogP contribution in [0, 0.1) is 13.8 Å². The summed E-state index contributed by atoms with van der Waals surface area (Å²) in [4.78, 5) is 14.7. The van der Waals surface area contributed by atoms with E-state index in [2.05, 4.69) is 33.2 Å². The van der Waals surface area contributed by atoms with Gasteiger partial charge in [0.1, 0.15) is 5.76 Å². The lowest BCUT2D eigenvalue weighted by molar-refractivity contribution is -0.132. The van der Waals surface area contributed by atoms with Gasteiger partial charge in [-0.15, -0.1) is 0 Å². The topological polar surface area (TPSA) is 46.3 Å². The van der Waals surface area contributed by atoms with Gasteiger partial charge in [0.15, 0.2) is 0 Å². The number of nitrogens with zero attached hydrogens (tertiary/aromatic N) is 2. The molecule has 1 aliphatic rings. The van der Waals surface area contributed by atoms with E-state index in [1.807, 2.05) is 30.9 Å². The zero-order valence-corrected chi connectivity index (χ0v) is 15.1. The minimum Gasteiger partial charge on any atom is -0.361 e. The van der Waals surface area contributed by atoms with Crippen LogP contribution in [-0.2, 0) is 11.2 Å². The summed E-state index contributed by atoms with van der Waals surface area (Å²) in [5.41, 5.74) is 3.17. The Bertz CT molecular complexity index is 691. The summed E-state index contributed by atoms with van der Waals surface area (Å²) in [6, 6.07) is 8.47. The highest BCUT2D eigenvalue weighted by Crippen LogP contribution is 2.33. The van der Waals surface area contributed by atoms with Gasteiger partial charge >= 0.3 is 0 Å². The number of carbonyl (C=O) groups is 1. The zero-order chi connectivity index (χ0) is 16.4. The molecule has 0 spiro atoms. The molecule has 1 amide bonds. The van der Waals surface area contributed by atoms with Gasteiger partial charge in [-0.3, -0.25) is 4.79 Å². The number of hydrogen-bond donors (Lipinski definition) is 0. The SMILES string of the molecule is Cc1noc(C)c1CCC(=O)N1CCC[C@@H]1c1cccc(Br)c1. The summed E-state index contributed by atoms with van der Waals surface area (Å²) >= 11 is 3.52. The molecule has 0 bridgehead atoms. The molecular formula is C18H21BrN2O2. The van der Waals surface area contributed by atoms with E-state index < -0.39 is 0 Å². The lowest BCUT2D eigenvalue weighted by atomic mass is 10.0. The van der Waals surface area contributed by atoms with Crippen molar-refractivity contribution >= 4 is 21.8 Å². The van der Waals surface area contributed by atoms with Gasteiger partial charge in [0, 0.05) is 23.0 Å². The van der Waals surface area contributed by atoms with Crippen LogP contribution in [0.1, 0.15) is 47.9 Å². The Balaban J connectivity index is 1.69. The third-order valence-corrected chi connectivity index (χ3v) is 5.07. The summed E-state index contributed by atoms with van der Waals surface area (Å²) in [5, 5.41) is 3.96. The van der Waals surface area contributed by atoms with Crippen molar-refractivity contribution in [3.8, 4) is 0 Å². The van der Waals surface area contributed by atoms with Crippen LogP contribution in [-0.4, -0.2) is 22.5 Å². The Morgan fingerprint density at radius 2 is 2.26 bits per heavy atom. The van der Waals surface area contributed by atoms with Gasteiger partial charge in [-0.1, -0.05) is 33.2 Å². The number of rotatable bonds is 4. The quantitative estimate of drug-likeness (QED) is 0.796. The van der Waals surface area contributed by atoms with Gasteiger partial charge in [0.25, 0.3) is 0 Å². The summed E-state index contributed by atoms with van der Waals surface area (Å²) in [5.74, 6) is 1.03. The third kappa shape index (κ3) is 3.50. The Kier molecular flexibility index (Phi) is 4.85. The third-order valence-electron chi connectivity index (χ3n) is 4.58. The summed E-state index contributed by atoms with van der Waals surface area (Å²) in [6.45, 7) is 4.67. The lowest BCUT2D eigenvalue weighted by Crippen LogP contribution is -2.30. The highest BCUT2D eigenvalue weighted by atomic mass is 79.9. The molecule has 122 valence electrons. The van der Waals surface area contributed by atoms with Gasteiger partial charge in [-0.2, -0.15) is 0 Å². The zero-order valence-electron chi connectivity index (χ0n) is 13.5. The first-order valence-electron chi connectivity index (χ1n) is 8.03. The van der Waals surface area contributed by atoms with E-state index in [1.165, 1.54) is 5.56 Å². The molecule has 5 heteroatoms. The first kappa shape index (κ1) is 16.2. The molecular weight excluding hydrogens is 356 g/mol. The fraction of sp³-hybridized carbons (Fsp3) is 0.444. The highest BCUT2D eigenvalue weighted by Gasteiger charge is 2.29. The molecule has 2 heterocycles. The number of hydrogen-bond acceptors (Lipinski definition) is 3. The van der Waals surface area contributed by atoms with Gasteiger partial charge in [0.2, 0.25) is 5.91 Å². The maximum absolute atomic E-state index is 12.7. The van der Waals surface area contributed by atoms with Crippen LogP contribution in [0.4, 0.5) is 0 Å². The molecule has 0 aliphatic carbocycles. The van der Waals surface area contributed by atoms with Crippen molar-refractivity contribution in [2.24, 2.45) is 0 Å². The molecule has 4 nitrogen and oxygen atoms in total. The Labute approximate surface area is 145 Å². The summed E-state index contributed by atoms with van der Waals surface area (Å²) in [7, 11) is 0. The molecule has 3 rings (SSSR count). The van der Waals surface area contributed by atoms with Crippen LogP contribution >= 0.6 is 15.9 Å². The van der Waals surface area contributed by atoms with Crippen LogP contribution < -0.4 is 0 Å². The van der Waals surface area contributed by atoms with Crippen molar-refractivity contribution in [1.29, 1.82) is 0 Å². The van der Waals surface area contributed by atoms with Crippen LogP contribution in [0.2, 0.25) is 0 Å². The molecule has 0 N–H and O–H groups in total. The van der Waals surface area contributed by atoms with Crippen molar-refractivity contribution in [2.45, 2.75) is 45.6 Å². The molecule has 1 aliphatic heterocycles. The molecule has 0 saturated carbocycles. The molecule has 0 radical (unpaired) electrons. The highest BCUT2D eigenvalue weighted by molar-refractivity contribution is 9.10. The number of carbonyl (C=O) groups excluding carboxylic acids is 1. The maximum atomic E-state index is 12.7. The second-order valence-corrected chi connectivity index (χ2v) is 7.02. The molecule has 1 aromatic heterocycles. The predicted molar refractivity (Wildman–Crippen MR) is 92.1 cm³/mol. The van der Waals surface area contributed by atoms with Crippen molar-refractivity contribution in [3.05, 3.63) is 51.3 Å². The fourth-order valence-electron chi connectivity index (χ4n) is 3.36. The molecule has 1 saturated heterocycles. The Morgan fingerprint density at radius 3 is 2.96 bits per heavy atom. The summed E-state index contributed by atoms with van der Waals surface area (Å²) < 4.78 is 6.24. The van der Waals surface area contributed by atoms with Crippen molar-refractivity contribution in [2.75, 3.05) is 6.54 Å². The van der Waals surface area contributed by atoms with Gasteiger partial charge in [-0.25, -0.2) is 0 Å². The molecule has 1 aromatic carbocycles. The van der Waals surface area contributed by atoms with Crippen molar-refractivity contribution < 1.29 is 9.32 Å². The van der Waals surface area contributed by atoms with Crippen molar-refractivity contribution in [1.82, 2.24) is 10.1 Å². The first-order valence-corrected chi connectivity index (χ1v) is 8.82. The standard InChI is InChI=1S/C18H21BrN2O2/c1-12-16(13(2)23-20-12)8-9-18(22)21-10-4-7-17(21)14-5-3-6-15(19)11-14/h3,5-6,11,17H,4,7-10H2,1-2H3/t17-/m1/s1. The van der Waals surface area contributed by atoms with E-state index in [1.54, 1.807) is 0 Å². The van der Waals surface area contributed by atoms with Crippen LogP contribution in [0.15, 0.2) is 33.3 Å². The monoisotopic (exact) mass is 376 g/mol. The van der Waals surface area contributed by atoms with Gasteiger partial charge in [-0.05, 0) is 50.8 Å².